The van der Waals surface area contributed by atoms with Crippen molar-refractivity contribution in [2.75, 3.05) is 5.32 Å². The van der Waals surface area contributed by atoms with Crippen LogP contribution in [0.25, 0.3) is 55.2 Å². The Morgan fingerprint density at radius 2 is 2.00 bits per heavy atom. The second-order valence-corrected chi connectivity index (χ2v) is 9.25. The van der Waals surface area contributed by atoms with E-state index in [-0.39, 0.29) is 11.9 Å². The lowest BCUT2D eigenvalue weighted by molar-refractivity contribution is 0.643. The average Bonchev–Trinajstić information content (AvgIpc) is 3.57. The summed E-state index contributed by atoms with van der Waals surface area (Å²) < 4.78 is 15.9. The Bertz CT molecular complexity index is 1630. The highest BCUT2D eigenvalue weighted by atomic mass is 32.1. The molecule has 168 valence electrons. The predicted octanol–water partition coefficient (Wildman–Crippen LogP) is 6.25. The van der Waals surface area contributed by atoms with Crippen LogP contribution in [0.4, 0.5) is 10.1 Å². The third-order valence-electron chi connectivity index (χ3n) is 5.57. The van der Waals surface area contributed by atoms with E-state index in [1.165, 1.54) is 0 Å². The molecule has 0 bridgehead atoms. The maximum atomic E-state index is 15.9. The number of anilines is 1. The number of benzene rings is 1. The number of aromatic nitrogens is 6. The Morgan fingerprint density at radius 3 is 2.82 bits per heavy atom. The molecule has 3 N–H and O–H groups in total. The van der Waals surface area contributed by atoms with Gasteiger partial charge in [-0.15, -0.1) is 11.3 Å². The predicted molar refractivity (Wildman–Crippen MR) is 134 cm³/mol. The molecule has 0 saturated carbocycles. The van der Waals surface area contributed by atoms with Gasteiger partial charge in [0.1, 0.15) is 11.5 Å². The molecule has 0 aliphatic heterocycles. The minimum atomic E-state index is -0.378. The summed E-state index contributed by atoms with van der Waals surface area (Å²) in [6, 6.07) is 11.7. The molecule has 0 saturated heterocycles. The number of hydrogen-bond donors (Lipinski definition) is 3. The molecule has 9 heteroatoms. The molecule has 0 aliphatic rings. The zero-order chi connectivity index (χ0) is 23.2. The molecule has 0 fully saturated rings. The van der Waals surface area contributed by atoms with Crippen molar-refractivity contribution < 1.29 is 4.39 Å². The number of nitrogens with zero attached hydrogens (tertiary/aromatic N) is 4. The smallest absolute Gasteiger partial charge is 0.178 e. The summed E-state index contributed by atoms with van der Waals surface area (Å²) in [5, 5.41) is 13.0. The number of rotatable bonds is 5. The molecule has 6 aromatic rings. The number of fused-ring (bicyclic) bond motifs is 2. The number of halogens is 1. The Balaban J connectivity index is 1.50. The topological polar surface area (TPSA) is 95.2 Å². The van der Waals surface area contributed by atoms with Gasteiger partial charge in [-0.2, -0.15) is 5.10 Å². The molecule has 1 aromatic carbocycles. The average molecular weight is 470 g/mol. The molecule has 5 heterocycles. The number of pyridine rings is 2. The van der Waals surface area contributed by atoms with Crippen LogP contribution in [-0.4, -0.2) is 36.2 Å². The first-order chi connectivity index (χ1) is 16.6. The maximum absolute atomic E-state index is 15.9. The number of imidazole rings is 1. The van der Waals surface area contributed by atoms with Crippen LogP contribution in [-0.2, 0) is 0 Å². The summed E-state index contributed by atoms with van der Waals surface area (Å²) >= 11 is 1.64. The quantitative estimate of drug-likeness (QED) is 0.277. The molecule has 0 radical (unpaired) electrons. The summed E-state index contributed by atoms with van der Waals surface area (Å²) in [7, 11) is 0. The molecule has 0 unspecified atom stereocenters. The van der Waals surface area contributed by atoms with Gasteiger partial charge in [-0.3, -0.25) is 10.1 Å². The van der Waals surface area contributed by atoms with Gasteiger partial charge in [0.2, 0.25) is 0 Å². The second kappa shape index (κ2) is 8.03. The van der Waals surface area contributed by atoms with E-state index < -0.39 is 0 Å². The minimum Gasteiger partial charge on any atom is -0.382 e. The van der Waals surface area contributed by atoms with Crippen molar-refractivity contribution in [2.24, 2.45) is 0 Å². The fourth-order valence-electron chi connectivity index (χ4n) is 4.13. The molecule has 5 aromatic heterocycles. The zero-order valence-corrected chi connectivity index (χ0v) is 19.2. The maximum Gasteiger partial charge on any atom is 0.178 e. The molecule has 6 rings (SSSR count). The van der Waals surface area contributed by atoms with Crippen molar-refractivity contribution in [3.8, 4) is 33.1 Å². The van der Waals surface area contributed by atoms with Gasteiger partial charge in [-0.05, 0) is 49.6 Å². The highest BCUT2D eigenvalue weighted by Crippen LogP contribution is 2.36. The van der Waals surface area contributed by atoms with Crippen LogP contribution in [0.5, 0.6) is 0 Å². The highest BCUT2D eigenvalue weighted by Gasteiger charge is 2.21. The van der Waals surface area contributed by atoms with E-state index in [1.54, 1.807) is 36.0 Å². The summed E-state index contributed by atoms with van der Waals surface area (Å²) in [5.74, 6) is 0.0822. The van der Waals surface area contributed by atoms with Gasteiger partial charge in [-0.25, -0.2) is 14.4 Å². The molecular formula is C25H20FN7S. The Hall–Kier alpha value is -4.11. The molecular weight excluding hydrogens is 449 g/mol. The van der Waals surface area contributed by atoms with Crippen molar-refractivity contribution in [1.82, 2.24) is 30.1 Å². The standard InChI is InChI=1S/C25H20FN7S/c1-13(2)29-15-10-14(11-27-12-15)16-5-6-18-20(21(16)26)23(33-32-18)25-30-22-17(19-4-3-9-34-19)7-8-28-24(22)31-25/h3-13,29H,1-2H3,(H,32,33)(H,28,30,31). The van der Waals surface area contributed by atoms with Crippen LogP contribution < -0.4 is 5.32 Å². The van der Waals surface area contributed by atoms with E-state index >= 15 is 4.39 Å². The normalized spacial score (nSPS) is 11.6. The van der Waals surface area contributed by atoms with E-state index in [0.29, 0.717) is 39.2 Å². The zero-order valence-electron chi connectivity index (χ0n) is 18.4. The lowest BCUT2D eigenvalue weighted by atomic mass is 10.0. The van der Waals surface area contributed by atoms with Gasteiger partial charge >= 0.3 is 0 Å². The van der Waals surface area contributed by atoms with E-state index in [4.69, 9.17) is 0 Å². The summed E-state index contributed by atoms with van der Waals surface area (Å²) in [6.07, 6.45) is 5.12. The van der Waals surface area contributed by atoms with Crippen molar-refractivity contribution in [1.29, 1.82) is 0 Å². The number of aromatic amines is 2. The van der Waals surface area contributed by atoms with Crippen molar-refractivity contribution in [2.45, 2.75) is 19.9 Å². The SMILES string of the molecule is CC(C)Nc1cncc(-c2ccc3[nH]nc(-c4nc5nccc(-c6cccs6)c5[nH]4)c3c2F)c1. The van der Waals surface area contributed by atoms with Crippen LogP contribution in [0.1, 0.15) is 13.8 Å². The van der Waals surface area contributed by atoms with Gasteiger partial charge in [0.15, 0.2) is 11.5 Å². The van der Waals surface area contributed by atoms with Crippen LogP contribution in [0.3, 0.4) is 0 Å². The van der Waals surface area contributed by atoms with Gasteiger partial charge in [-0.1, -0.05) is 6.07 Å². The Labute approximate surface area is 198 Å². The van der Waals surface area contributed by atoms with E-state index in [1.807, 2.05) is 49.6 Å². The van der Waals surface area contributed by atoms with Crippen molar-refractivity contribution in [3.05, 3.63) is 66.2 Å². The minimum absolute atomic E-state index is 0.241. The molecule has 0 spiro atoms. The lowest BCUT2D eigenvalue weighted by Crippen LogP contribution is -2.09. The van der Waals surface area contributed by atoms with Crippen LogP contribution in [0.2, 0.25) is 0 Å². The highest BCUT2D eigenvalue weighted by molar-refractivity contribution is 7.13. The van der Waals surface area contributed by atoms with E-state index in [0.717, 1.165) is 21.6 Å². The third-order valence-corrected chi connectivity index (χ3v) is 6.48. The Kier molecular flexibility index (Phi) is 4.84. The lowest BCUT2D eigenvalue weighted by Gasteiger charge is -2.11. The molecule has 0 aliphatic carbocycles. The van der Waals surface area contributed by atoms with Crippen LogP contribution in [0.15, 0.2) is 60.4 Å². The monoisotopic (exact) mass is 469 g/mol. The largest absolute Gasteiger partial charge is 0.382 e. The molecule has 0 amide bonds. The first-order valence-electron chi connectivity index (χ1n) is 10.9. The molecule has 34 heavy (non-hydrogen) atoms. The van der Waals surface area contributed by atoms with E-state index in [2.05, 4.69) is 35.5 Å². The first kappa shape index (κ1) is 20.5. The fraction of sp³-hybridized carbons (Fsp3) is 0.120. The number of hydrogen-bond acceptors (Lipinski definition) is 6. The molecule has 7 nitrogen and oxygen atoms in total. The van der Waals surface area contributed by atoms with E-state index in [9.17, 15) is 0 Å². The number of nitrogens with one attached hydrogen (secondary N) is 3. The fourth-order valence-corrected chi connectivity index (χ4v) is 4.88. The summed E-state index contributed by atoms with van der Waals surface area (Å²) in [5.41, 5.74) is 5.33. The Morgan fingerprint density at radius 1 is 1.09 bits per heavy atom. The van der Waals surface area contributed by atoms with Crippen LogP contribution >= 0.6 is 11.3 Å². The molecule has 0 atom stereocenters. The van der Waals surface area contributed by atoms with Gasteiger partial charge < -0.3 is 10.3 Å². The number of thiophene rings is 1. The van der Waals surface area contributed by atoms with Crippen molar-refractivity contribution in [3.63, 3.8) is 0 Å². The van der Waals surface area contributed by atoms with Gasteiger partial charge in [0, 0.05) is 46.2 Å². The third kappa shape index (κ3) is 3.41. The van der Waals surface area contributed by atoms with Crippen LogP contribution in [0, 0.1) is 5.82 Å². The van der Waals surface area contributed by atoms with Gasteiger partial charge in [0.05, 0.1) is 22.1 Å². The number of H-pyrrole nitrogens is 2. The summed E-state index contributed by atoms with van der Waals surface area (Å²) in [6.45, 7) is 4.09. The first-order valence-corrected chi connectivity index (χ1v) is 11.7. The van der Waals surface area contributed by atoms with Crippen molar-refractivity contribution >= 4 is 39.1 Å². The summed E-state index contributed by atoms with van der Waals surface area (Å²) in [4.78, 5) is 17.7. The van der Waals surface area contributed by atoms with Gasteiger partial charge in [0.25, 0.3) is 0 Å². The second-order valence-electron chi connectivity index (χ2n) is 8.30.